The van der Waals surface area contributed by atoms with E-state index in [1.54, 1.807) is 12.3 Å². The quantitative estimate of drug-likeness (QED) is 0.532. The Morgan fingerprint density at radius 1 is 1.29 bits per heavy atom. The van der Waals surface area contributed by atoms with Gasteiger partial charge in [-0.2, -0.15) is 5.10 Å². The zero-order valence-corrected chi connectivity index (χ0v) is 18.5. The van der Waals surface area contributed by atoms with E-state index in [0.717, 1.165) is 50.2 Å². The topological polar surface area (TPSA) is 88.9 Å². The van der Waals surface area contributed by atoms with E-state index in [-0.39, 0.29) is 11.6 Å². The Morgan fingerprint density at radius 3 is 2.77 bits per heavy atom. The number of ether oxygens (including phenoxy) is 1. The summed E-state index contributed by atoms with van der Waals surface area (Å²) in [7, 11) is 0. The number of rotatable bonds is 9. The lowest BCUT2D eigenvalue weighted by Gasteiger charge is -2.39. The normalized spacial score (nSPS) is 14.7. The molecule has 1 fully saturated rings. The van der Waals surface area contributed by atoms with Gasteiger partial charge in [-0.05, 0) is 31.0 Å². The highest BCUT2D eigenvalue weighted by Gasteiger charge is 2.30. The summed E-state index contributed by atoms with van der Waals surface area (Å²) in [5.41, 5.74) is 3.27. The van der Waals surface area contributed by atoms with Gasteiger partial charge < -0.3 is 9.72 Å². The maximum atomic E-state index is 13.0. The van der Waals surface area contributed by atoms with Crippen molar-refractivity contribution < 1.29 is 4.74 Å². The van der Waals surface area contributed by atoms with Crippen molar-refractivity contribution in [3.05, 3.63) is 40.5 Å². The summed E-state index contributed by atoms with van der Waals surface area (Å²) in [5.74, 6) is 0.905. The third-order valence-corrected chi connectivity index (χ3v) is 5.82. The van der Waals surface area contributed by atoms with Gasteiger partial charge in [-0.25, -0.2) is 9.97 Å². The van der Waals surface area contributed by atoms with E-state index in [1.807, 2.05) is 10.7 Å². The molecule has 31 heavy (non-hydrogen) atoms. The number of unbranched alkanes of at least 4 members (excludes halogenated alkanes) is 1. The van der Waals surface area contributed by atoms with Crippen molar-refractivity contribution in [2.45, 2.75) is 46.1 Å². The molecule has 3 aromatic heterocycles. The molecule has 1 saturated heterocycles. The lowest BCUT2D eigenvalue weighted by Crippen LogP contribution is -2.48. The first-order valence-electron chi connectivity index (χ1n) is 11.1. The zero-order chi connectivity index (χ0) is 22.0. The van der Waals surface area contributed by atoms with Crippen LogP contribution in [0.5, 0.6) is 5.88 Å². The molecular formula is C23H30N6O2. The second-order valence-electron chi connectivity index (χ2n) is 7.89. The van der Waals surface area contributed by atoms with Crippen molar-refractivity contribution >= 4 is 17.1 Å². The maximum absolute atomic E-state index is 13.0. The molecule has 0 aromatic carbocycles. The number of H-pyrrole nitrogens is 1. The molecule has 4 heterocycles. The highest BCUT2D eigenvalue weighted by molar-refractivity contribution is 5.79. The number of likely N-dealkylation sites (N-methyl/N-ethyl adjacent to an activating group) is 1. The molecule has 8 nitrogen and oxygen atoms in total. The lowest BCUT2D eigenvalue weighted by molar-refractivity contribution is 0.104. The van der Waals surface area contributed by atoms with E-state index in [0.29, 0.717) is 34.9 Å². The molecule has 0 saturated carbocycles. The number of nitrogens with one attached hydrogen (secondary N) is 1. The van der Waals surface area contributed by atoms with Gasteiger partial charge in [-0.15, -0.1) is 0 Å². The molecule has 164 valence electrons. The number of fused-ring (bicyclic) bond motifs is 1. The summed E-state index contributed by atoms with van der Waals surface area (Å²) in [6.07, 6.45) is 6.13. The SMILES string of the molecule is C=Cc1cnc(OCCCC)c(-c2nc3c(CC)n(C4CN(CC)C4)nc3c(=O)[nH]2)c1. The average Bonchev–Trinajstić information content (AvgIpc) is 3.12. The summed E-state index contributed by atoms with van der Waals surface area (Å²) in [5, 5.41) is 4.65. The van der Waals surface area contributed by atoms with Crippen LogP contribution in [-0.4, -0.2) is 55.9 Å². The van der Waals surface area contributed by atoms with Gasteiger partial charge in [0.25, 0.3) is 5.56 Å². The van der Waals surface area contributed by atoms with Crippen LogP contribution in [0.1, 0.15) is 50.9 Å². The Bertz CT molecular complexity index is 1140. The Hall–Kier alpha value is -3.00. The third kappa shape index (κ3) is 3.99. The van der Waals surface area contributed by atoms with Crippen LogP contribution in [0.2, 0.25) is 0 Å². The summed E-state index contributed by atoms with van der Waals surface area (Å²) in [6, 6.07) is 2.18. The number of aromatic amines is 1. The fraction of sp³-hybridized carbons (Fsp3) is 0.478. The molecule has 0 aliphatic carbocycles. The van der Waals surface area contributed by atoms with E-state index < -0.39 is 0 Å². The van der Waals surface area contributed by atoms with E-state index in [1.165, 1.54) is 0 Å². The van der Waals surface area contributed by atoms with Crippen molar-refractivity contribution in [2.24, 2.45) is 0 Å². The molecule has 0 unspecified atom stereocenters. The second-order valence-corrected chi connectivity index (χ2v) is 7.89. The largest absolute Gasteiger partial charge is 0.477 e. The summed E-state index contributed by atoms with van der Waals surface area (Å²) in [4.78, 5) is 27.5. The average molecular weight is 423 g/mol. The van der Waals surface area contributed by atoms with E-state index in [4.69, 9.17) is 9.72 Å². The number of hydrogen-bond donors (Lipinski definition) is 1. The Kier molecular flexibility index (Phi) is 6.18. The summed E-state index contributed by atoms with van der Waals surface area (Å²) >= 11 is 0. The molecule has 1 aliphatic rings. The molecular weight excluding hydrogens is 392 g/mol. The first kappa shape index (κ1) is 21.2. The van der Waals surface area contributed by atoms with Gasteiger partial charge in [0.15, 0.2) is 5.52 Å². The van der Waals surface area contributed by atoms with Crippen molar-refractivity contribution in [1.29, 1.82) is 0 Å². The van der Waals surface area contributed by atoms with Crippen LogP contribution in [0.15, 0.2) is 23.6 Å². The van der Waals surface area contributed by atoms with Gasteiger partial charge in [-0.1, -0.05) is 39.8 Å². The van der Waals surface area contributed by atoms with Crippen LogP contribution in [0.4, 0.5) is 0 Å². The van der Waals surface area contributed by atoms with Crippen molar-refractivity contribution in [3.8, 4) is 17.3 Å². The number of hydrogen-bond acceptors (Lipinski definition) is 6. The van der Waals surface area contributed by atoms with Gasteiger partial charge >= 0.3 is 0 Å². The number of aromatic nitrogens is 5. The Balaban J connectivity index is 1.80. The molecule has 0 atom stereocenters. The monoisotopic (exact) mass is 422 g/mol. The van der Waals surface area contributed by atoms with Crippen LogP contribution in [0.3, 0.4) is 0 Å². The number of nitrogens with zero attached hydrogens (tertiary/aromatic N) is 5. The molecule has 0 amide bonds. The van der Waals surface area contributed by atoms with Crippen LogP contribution in [0.25, 0.3) is 28.5 Å². The van der Waals surface area contributed by atoms with E-state index in [2.05, 4.69) is 47.3 Å². The van der Waals surface area contributed by atoms with Crippen molar-refractivity contribution in [1.82, 2.24) is 29.6 Å². The van der Waals surface area contributed by atoms with Crippen LogP contribution in [0, 0.1) is 0 Å². The highest BCUT2D eigenvalue weighted by Crippen LogP contribution is 2.30. The van der Waals surface area contributed by atoms with Gasteiger partial charge in [0, 0.05) is 19.3 Å². The van der Waals surface area contributed by atoms with Crippen LogP contribution >= 0.6 is 0 Å². The minimum Gasteiger partial charge on any atom is -0.477 e. The van der Waals surface area contributed by atoms with Crippen molar-refractivity contribution in [3.63, 3.8) is 0 Å². The van der Waals surface area contributed by atoms with Gasteiger partial charge in [0.1, 0.15) is 11.3 Å². The fourth-order valence-corrected chi connectivity index (χ4v) is 3.93. The molecule has 3 aromatic rings. The first-order chi connectivity index (χ1) is 15.1. The molecule has 8 heteroatoms. The predicted octanol–water partition coefficient (Wildman–Crippen LogP) is 3.44. The van der Waals surface area contributed by atoms with Gasteiger partial charge in [-0.3, -0.25) is 14.4 Å². The minimum atomic E-state index is -0.247. The number of pyridine rings is 1. The van der Waals surface area contributed by atoms with E-state index in [9.17, 15) is 4.79 Å². The molecule has 1 aliphatic heterocycles. The maximum Gasteiger partial charge on any atom is 0.279 e. The third-order valence-electron chi connectivity index (χ3n) is 5.82. The lowest BCUT2D eigenvalue weighted by atomic mass is 10.1. The molecule has 4 rings (SSSR count). The molecule has 1 N–H and O–H groups in total. The standard InChI is InChI=1S/C23H30N6O2/c1-5-9-10-31-23-17(11-15(6-2)12-24-23)21-25-19-18(7-3)29(16-13-28(8-4)14-16)27-20(19)22(30)26-21/h6,11-12,16H,2,5,7-10,13-14H2,1,3-4H3,(H,25,26,30). The minimum absolute atomic E-state index is 0.247. The summed E-state index contributed by atoms with van der Waals surface area (Å²) in [6.45, 7) is 13.6. The van der Waals surface area contributed by atoms with E-state index >= 15 is 0 Å². The van der Waals surface area contributed by atoms with Crippen LogP contribution < -0.4 is 10.3 Å². The highest BCUT2D eigenvalue weighted by atomic mass is 16.5. The Labute approximate surface area is 182 Å². The zero-order valence-electron chi connectivity index (χ0n) is 18.5. The van der Waals surface area contributed by atoms with Gasteiger partial charge in [0.05, 0.1) is 23.9 Å². The van der Waals surface area contributed by atoms with Crippen molar-refractivity contribution in [2.75, 3.05) is 26.2 Å². The number of likely N-dealkylation sites (tertiary alicyclic amines) is 1. The fourth-order valence-electron chi connectivity index (χ4n) is 3.93. The summed E-state index contributed by atoms with van der Waals surface area (Å²) < 4.78 is 7.90. The Morgan fingerprint density at radius 2 is 2.10 bits per heavy atom. The molecule has 0 spiro atoms. The first-order valence-corrected chi connectivity index (χ1v) is 11.1. The number of aryl methyl sites for hydroxylation is 1. The van der Waals surface area contributed by atoms with Crippen LogP contribution in [-0.2, 0) is 6.42 Å². The molecule has 0 bridgehead atoms. The second kappa shape index (κ2) is 9.01. The predicted molar refractivity (Wildman–Crippen MR) is 122 cm³/mol. The van der Waals surface area contributed by atoms with Gasteiger partial charge in [0.2, 0.25) is 5.88 Å². The smallest absolute Gasteiger partial charge is 0.279 e. The molecule has 0 radical (unpaired) electrons.